The van der Waals surface area contributed by atoms with Crippen LogP contribution in [-0.4, -0.2) is 38.3 Å². The zero-order valence-corrected chi connectivity index (χ0v) is 18.4. The molecule has 0 unspecified atom stereocenters. The van der Waals surface area contributed by atoms with Crippen LogP contribution in [0.3, 0.4) is 0 Å². The molecule has 6 heteroatoms. The molecule has 4 aromatic rings. The van der Waals surface area contributed by atoms with E-state index in [1.165, 1.54) is 37.1 Å². The van der Waals surface area contributed by atoms with Gasteiger partial charge in [0, 0.05) is 17.7 Å². The van der Waals surface area contributed by atoms with E-state index in [1.54, 1.807) is 11.8 Å². The third-order valence-corrected chi connectivity index (χ3v) is 6.85. The van der Waals surface area contributed by atoms with Gasteiger partial charge in [0.15, 0.2) is 11.0 Å². The standard InChI is InChI=1S/C25H27N5S/c1-2-15-31-25-28-22-23(20-7-3-4-8-21(20)27-24(22)26)30(25)17-19-11-9-18(10-12-19)16-29-13-5-6-14-29/h2-4,7-12H,1,5-6,13-17H2,(H2,26,27). The van der Waals surface area contributed by atoms with Crippen LogP contribution in [0.4, 0.5) is 5.82 Å². The van der Waals surface area contributed by atoms with Gasteiger partial charge in [0.1, 0.15) is 5.52 Å². The SMILES string of the molecule is C=CCSc1nc2c(N)nc3ccccc3c2n1Cc1ccc(CN2CCCC2)cc1. The quantitative estimate of drug-likeness (QED) is 0.328. The zero-order chi connectivity index (χ0) is 21.2. The van der Waals surface area contributed by atoms with Gasteiger partial charge >= 0.3 is 0 Å². The average molecular weight is 430 g/mol. The number of aromatic nitrogens is 3. The van der Waals surface area contributed by atoms with E-state index in [0.717, 1.165) is 45.9 Å². The summed E-state index contributed by atoms with van der Waals surface area (Å²) in [5.74, 6) is 1.28. The Morgan fingerprint density at radius 2 is 1.68 bits per heavy atom. The van der Waals surface area contributed by atoms with Crippen LogP contribution in [0.5, 0.6) is 0 Å². The number of imidazole rings is 1. The number of fused-ring (bicyclic) bond motifs is 3. The van der Waals surface area contributed by atoms with Gasteiger partial charge in [-0.3, -0.25) is 4.90 Å². The van der Waals surface area contributed by atoms with Crippen LogP contribution in [0.1, 0.15) is 24.0 Å². The van der Waals surface area contributed by atoms with Crippen molar-refractivity contribution in [3.63, 3.8) is 0 Å². The highest BCUT2D eigenvalue weighted by Gasteiger charge is 2.18. The Morgan fingerprint density at radius 3 is 2.42 bits per heavy atom. The minimum absolute atomic E-state index is 0.480. The van der Waals surface area contributed by atoms with E-state index in [-0.39, 0.29) is 0 Å². The third kappa shape index (κ3) is 4.05. The molecule has 0 radical (unpaired) electrons. The highest BCUT2D eigenvalue weighted by atomic mass is 32.2. The van der Waals surface area contributed by atoms with E-state index < -0.39 is 0 Å². The molecule has 1 aliphatic heterocycles. The lowest BCUT2D eigenvalue weighted by atomic mass is 10.1. The van der Waals surface area contributed by atoms with E-state index in [4.69, 9.17) is 10.7 Å². The fourth-order valence-corrected chi connectivity index (χ4v) is 5.09. The molecule has 2 aromatic carbocycles. The first-order valence-electron chi connectivity index (χ1n) is 10.8. The van der Waals surface area contributed by atoms with Gasteiger partial charge in [-0.2, -0.15) is 0 Å². The summed E-state index contributed by atoms with van der Waals surface area (Å²) < 4.78 is 2.28. The molecule has 0 amide bonds. The normalized spacial score (nSPS) is 14.6. The monoisotopic (exact) mass is 429 g/mol. The minimum atomic E-state index is 0.480. The first-order valence-corrected chi connectivity index (χ1v) is 11.8. The van der Waals surface area contributed by atoms with Gasteiger partial charge in [-0.1, -0.05) is 60.3 Å². The number of likely N-dealkylation sites (tertiary alicyclic amines) is 1. The molecule has 5 rings (SSSR count). The second kappa shape index (κ2) is 8.73. The molecule has 3 heterocycles. The van der Waals surface area contributed by atoms with Crippen molar-refractivity contribution in [1.29, 1.82) is 0 Å². The predicted octanol–water partition coefficient (Wildman–Crippen LogP) is 5.09. The average Bonchev–Trinajstić information content (AvgIpc) is 3.42. The van der Waals surface area contributed by atoms with Crippen molar-refractivity contribution in [3.8, 4) is 0 Å². The van der Waals surface area contributed by atoms with Crippen LogP contribution in [0.15, 0.2) is 66.3 Å². The summed E-state index contributed by atoms with van der Waals surface area (Å²) in [5.41, 5.74) is 11.7. The molecular formula is C25H27N5S. The highest BCUT2D eigenvalue weighted by Crippen LogP contribution is 2.32. The number of para-hydroxylation sites is 1. The number of thioether (sulfide) groups is 1. The lowest BCUT2D eigenvalue weighted by Crippen LogP contribution is -2.18. The van der Waals surface area contributed by atoms with Crippen molar-refractivity contribution in [2.24, 2.45) is 0 Å². The van der Waals surface area contributed by atoms with Crippen molar-refractivity contribution in [2.75, 3.05) is 24.6 Å². The number of pyridine rings is 1. The van der Waals surface area contributed by atoms with E-state index in [1.807, 2.05) is 24.3 Å². The molecule has 1 saturated heterocycles. The molecule has 0 atom stereocenters. The topological polar surface area (TPSA) is 60.0 Å². The number of rotatable bonds is 7. The number of nitrogens with zero attached hydrogens (tertiary/aromatic N) is 4. The summed E-state index contributed by atoms with van der Waals surface area (Å²) in [6.45, 7) is 8.09. The Morgan fingerprint density at radius 1 is 0.968 bits per heavy atom. The molecule has 1 aliphatic rings. The van der Waals surface area contributed by atoms with Crippen LogP contribution in [-0.2, 0) is 13.1 Å². The molecule has 158 valence electrons. The Balaban J connectivity index is 1.53. The second-order valence-corrected chi connectivity index (χ2v) is 9.08. The van der Waals surface area contributed by atoms with Gasteiger partial charge in [-0.15, -0.1) is 6.58 Å². The van der Waals surface area contributed by atoms with Gasteiger partial charge in [0.2, 0.25) is 0 Å². The van der Waals surface area contributed by atoms with Crippen molar-refractivity contribution < 1.29 is 0 Å². The maximum absolute atomic E-state index is 6.30. The number of hydrogen-bond acceptors (Lipinski definition) is 5. The molecular weight excluding hydrogens is 402 g/mol. The first kappa shape index (κ1) is 20.1. The predicted molar refractivity (Wildman–Crippen MR) is 130 cm³/mol. The van der Waals surface area contributed by atoms with Gasteiger partial charge < -0.3 is 10.3 Å². The minimum Gasteiger partial charge on any atom is -0.382 e. The number of benzene rings is 2. The summed E-state index contributed by atoms with van der Waals surface area (Å²) in [4.78, 5) is 12.0. The van der Waals surface area contributed by atoms with Gasteiger partial charge in [-0.05, 0) is 43.1 Å². The van der Waals surface area contributed by atoms with Crippen molar-refractivity contribution in [1.82, 2.24) is 19.4 Å². The summed E-state index contributed by atoms with van der Waals surface area (Å²) in [5, 5.41) is 2.02. The van der Waals surface area contributed by atoms with Gasteiger partial charge in [-0.25, -0.2) is 9.97 Å². The maximum atomic E-state index is 6.30. The van der Waals surface area contributed by atoms with E-state index in [2.05, 4.69) is 51.4 Å². The third-order valence-electron chi connectivity index (χ3n) is 5.87. The molecule has 2 N–H and O–H groups in total. The summed E-state index contributed by atoms with van der Waals surface area (Å²) >= 11 is 1.68. The fourth-order valence-electron chi connectivity index (χ4n) is 4.36. The number of nitrogens with two attached hydrogens (primary N) is 1. The number of nitrogen functional groups attached to an aromatic ring is 1. The largest absolute Gasteiger partial charge is 0.382 e. The van der Waals surface area contributed by atoms with Crippen LogP contribution in [0, 0.1) is 0 Å². The molecule has 0 bridgehead atoms. The van der Waals surface area contributed by atoms with Gasteiger partial charge in [0.05, 0.1) is 17.6 Å². The van der Waals surface area contributed by atoms with Crippen molar-refractivity contribution in [3.05, 3.63) is 72.3 Å². The number of anilines is 1. The molecule has 0 spiro atoms. The Bertz CT molecular complexity index is 1220. The Labute approximate surface area is 187 Å². The fraction of sp³-hybridized carbons (Fsp3) is 0.280. The Hall–Kier alpha value is -2.83. The highest BCUT2D eigenvalue weighted by molar-refractivity contribution is 7.99. The molecule has 31 heavy (non-hydrogen) atoms. The maximum Gasteiger partial charge on any atom is 0.169 e. The van der Waals surface area contributed by atoms with E-state index in [9.17, 15) is 0 Å². The molecule has 0 saturated carbocycles. The van der Waals surface area contributed by atoms with Crippen molar-refractivity contribution >= 4 is 39.5 Å². The number of hydrogen-bond donors (Lipinski definition) is 1. The van der Waals surface area contributed by atoms with Gasteiger partial charge in [0.25, 0.3) is 0 Å². The first-order chi connectivity index (χ1) is 15.2. The Kier molecular flexibility index (Phi) is 5.66. The molecule has 0 aliphatic carbocycles. The van der Waals surface area contributed by atoms with E-state index in [0.29, 0.717) is 5.82 Å². The second-order valence-electron chi connectivity index (χ2n) is 8.09. The molecule has 2 aromatic heterocycles. The van der Waals surface area contributed by atoms with Crippen LogP contribution in [0.25, 0.3) is 21.9 Å². The van der Waals surface area contributed by atoms with Crippen LogP contribution < -0.4 is 5.73 Å². The van der Waals surface area contributed by atoms with Crippen molar-refractivity contribution in [2.45, 2.75) is 31.1 Å². The summed E-state index contributed by atoms with van der Waals surface area (Å²) in [7, 11) is 0. The van der Waals surface area contributed by atoms with Crippen LogP contribution >= 0.6 is 11.8 Å². The zero-order valence-electron chi connectivity index (χ0n) is 17.6. The summed E-state index contributed by atoms with van der Waals surface area (Å²) in [6, 6.07) is 17.1. The molecule has 5 nitrogen and oxygen atoms in total. The lowest BCUT2D eigenvalue weighted by molar-refractivity contribution is 0.331. The summed E-state index contributed by atoms with van der Waals surface area (Å²) in [6.07, 6.45) is 4.55. The van der Waals surface area contributed by atoms with E-state index >= 15 is 0 Å². The lowest BCUT2D eigenvalue weighted by Gasteiger charge is -2.15. The van der Waals surface area contributed by atoms with Crippen LogP contribution in [0.2, 0.25) is 0 Å². The smallest absolute Gasteiger partial charge is 0.169 e. The molecule has 1 fully saturated rings.